The monoisotopic (exact) mass is 183 g/mol. The zero-order valence-corrected chi connectivity index (χ0v) is 8.37. The number of rotatable bonds is 2. The zero-order valence-electron chi connectivity index (χ0n) is 7.55. The Morgan fingerprint density at radius 1 is 1.58 bits per heavy atom. The molecule has 0 aliphatic rings. The summed E-state index contributed by atoms with van der Waals surface area (Å²) in [6, 6.07) is 1.77. The molecule has 3 heteroatoms. The first-order valence-corrected chi connectivity index (χ1v) is 4.74. The fourth-order valence-electron chi connectivity index (χ4n) is 1.06. The molecule has 1 aromatic heterocycles. The van der Waals surface area contributed by atoms with Crippen LogP contribution in [-0.4, -0.2) is 5.78 Å². The van der Waals surface area contributed by atoms with Crippen LogP contribution in [0.1, 0.15) is 29.1 Å². The molecule has 2 nitrogen and oxygen atoms in total. The molecule has 0 fully saturated rings. The van der Waals surface area contributed by atoms with Crippen molar-refractivity contribution in [3.05, 3.63) is 16.5 Å². The van der Waals surface area contributed by atoms with Crippen LogP contribution in [0.15, 0.2) is 6.07 Å². The molecule has 0 aliphatic carbocycles. The minimum Gasteiger partial charge on any atom is -0.391 e. The van der Waals surface area contributed by atoms with Crippen LogP contribution in [0.25, 0.3) is 0 Å². The topological polar surface area (TPSA) is 43.1 Å². The Kier molecular flexibility index (Phi) is 2.52. The molecule has 66 valence electrons. The Hall–Kier alpha value is -0.830. The smallest absolute Gasteiger partial charge is 0.166 e. The molecule has 0 radical (unpaired) electrons. The lowest BCUT2D eigenvalue weighted by Crippen LogP contribution is -2.07. The van der Waals surface area contributed by atoms with E-state index in [1.165, 1.54) is 11.3 Å². The minimum absolute atomic E-state index is 0.0534. The van der Waals surface area contributed by atoms with Gasteiger partial charge in [-0.25, -0.2) is 0 Å². The van der Waals surface area contributed by atoms with Crippen LogP contribution in [-0.2, 0) is 0 Å². The van der Waals surface area contributed by atoms with Crippen molar-refractivity contribution in [1.29, 1.82) is 0 Å². The summed E-state index contributed by atoms with van der Waals surface area (Å²) in [6.45, 7) is 5.72. The van der Waals surface area contributed by atoms with E-state index in [0.717, 1.165) is 15.4 Å². The number of nitrogens with two attached hydrogens (primary N) is 1. The normalized spacial score (nSPS) is 10.7. The average molecular weight is 183 g/mol. The van der Waals surface area contributed by atoms with Crippen LogP contribution in [0, 0.1) is 12.8 Å². The van der Waals surface area contributed by atoms with E-state index >= 15 is 0 Å². The third-order valence-electron chi connectivity index (χ3n) is 1.73. The number of anilines is 1. The second kappa shape index (κ2) is 3.27. The highest BCUT2D eigenvalue weighted by Gasteiger charge is 2.14. The summed E-state index contributed by atoms with van der Waals surface area (Å²) >= 11 is 1.47. The lowest BCUT2D eigenvalue weighted by Gasteiger charge is -2.01. The largest absolute Gasteiger partial charge is 0.391 e. The van der Waals surface area contributed by atoms with Gasteiger partial charge in [0.15, 0.2) is 5.78 Å². The third-order valence-corrected chi connectivity index (χ3v) is 2.61. The van der Waals surface area contributed by atoms with E-state index in [2.05, 4.69) is 0 Å². The molecule has 0 saturated heterocycles. The van der Waals surface area contributed by atoms with Gasteiger partial charge in [0.2, 0.25) is 0 Å². The van der Waals surface area contributed by atoms with Crippen LogP contribution < -0.4 is 5.73 Å². The van der Waals surface area contributed by atoms with Crippen LogP contribution in [0.3, 0.4) is 0 Å². The van der Waals surface area contributed by atoms with Gasteiger partial charge in [0, 0.05) is 16.4 Å². The molecule has 1 rings (SSSR count). The van der Waals surface area contributed by atoms with Crippen LogP contribution in [0.5, 0.6) is 0 Å². The molecule has 12 heavy (non-hydrogen) atoms. The van der Waals surface area contributed by atoms with Gasteiger partial charge in [-0.3, -0.25) is 4.79 Å². The van der Waals surface area contributed by atoms with Crippen molar-refractivity contribution >= 4 is 22.1 Å². The maximum Gasteiger partial charge on any atom is 0.166 e. The zero-order chi connectivity index (χ0) is 9.30. The Labute approximate surface area is 76.4 Å². The van der Waals surface area contributed by atoms with Crippen LogP contribution in [0.4, 0.5) is 5.00 Å². The van der Waals surface area contributed by atoms with E-state index in [0.29, 0.717) is 0 Å². The number of hydrogen-bond donors (Lipinski definition) is 1. The molecule has 0 amide bonds. The standard InChI is InChI=1S/C9H13NOS/c1-5(2)9(11)7-4-8(10)12-6(7)3/h4-5H,10H2,1-3H3. The van der Waals surface area contributed by atoms with E-state index in [4.69, 9.17) is 5.73 Å². The molecule has 0 aliphatic heterocycles. The molecular weight excluding hydrogens is 170 g/mol. The average Bonchev–Trinajstić information content (AvgIpc) is 2.28. The fourth-order valence-corrected chi connectivity index (χ4v) is 1.86. The molecule has 1 heterocycles. The lowest BCUT2D eigenvalue weighted by atomic mass is 10.0. The van der Waals surface area contributed by atoms with E-state index in [9.17, 15) is 4.79 Å². The van der Waals surface area contributed by atoms with E-state index < -0.39 is 0 Å². The van der Waals surface area contributed by atoms with Gasteiger partial charge in [0.05, 0.1) is 5.00 Å². The van der Waals surface area contributed by atoms with Crippen molar-refractivity contribution in [2.75, 3.05) is 5.73 Å². The van der Waals surface area contributed by atoms with Gasteiger partial charge in [0.25, 0.3) is 0 Å². The first-order valence-electron chi connectivity index (χ1n) is 3.92. The molecule has 0 bridgehead atoms. The van der Waals surface area contributed by atoms with Gasteiger partial charge in [-0.05, 0) is 13.0 Å². The van der Waals surface area contributed by atoms with Crippen molar-refractivity contribution in [3.63, 3.8) is 0 Å². The van der Waals surface area contributed by atoms with Crippen LogP contribution in [0.2, 0.25) is 0 Å². The molecular formula is C9H13NOS. The van der Waals surface area contributed by atoms with Crippen molar-refractivity contribution in [2.45, 2.75) is 20.8 Å². The summed E-state index contributed by atoms with van der Waals surface area (Å²) < 4.78 is 0. The number of hydrogen-bond acceptors (Lipinski definition) is 3. The van der Waals surface area contributed by atoms with Crippen molar-refractivity contribution in [2.24, 2.45) is 5.92 Å². The molecule has 2 N–H and O–H groups in total. The van der Waals surface area contributed by atoms with Crippen LogP contribution >= 0.6 is 11.3 Å². The van der Waals surface area contributed by atoms with E-state index in [1.54, 1.807) is 6.07 Å². The van der Waals surface area contributed by atoms with Gasteiger partial charge in [-0.2, -0.15) is 0 Å². The predicted octanol–water partition coefficient (Wildman–Crippen LogP) is 2.48. The highest BCUT2D eigenvalue weighted by molar-refractivity contribution is 7.16. The van der Waals surface area contributed by atoms with Gasteiger partial charge >= 0.3 is 0 Å². The number of carbonyl (C=O) groups excluding carboxylic acids is 1. The maximum atomic E-state index is 11.5. The minimum atomic E-state index is 0.0534. The first kappa shape index (κ1) is 9.26. The summed E-state index contributed by atoms with van der Waals surface area (Å²) in [5.41, 5.74) is 6.37. The van der Waals surface area contributed by atoms with Gasteiger partial charge < -0.3 is 5.73 Å². The second-order valence-electron chi connectivity index (χ2n) is 3.14. The summed E-state index contributed by atoms with van der Waals surface area (Å²) in [7, 11) is 0. The molecule has 0 aromatic carbocycles. The summed E-state index contributed by atoms with van der Waals surface area (Å²) in [6.07, 6.45) is 0. The van der Waals surface area contributed by atoms with E-state index in [1.807, 2.05) is 20.8 Å². The van der Waals surface area contributed by atoms with Gasteiger partial charge in [0.1, 0.15) is 0 Å². The Morgan fingerprint density at radius 3 is 2.50 bits per heavy atom. The van der Waals surface area contributed by atoms with E-state index in [-0.39, 0.29) is 11.7 Å². The number of carbonyl (C=O) groups is 1. The number of nitrogen functional groups attached to an aromatic ring is 1. The second-order valence-corrected chi connectivity index (χ2v) is 4.43. The molecule has 0 saturated carbocycles. The summed E-state index contributed by atoms with van der Waals surface area (Å²) in [5, 5.41) is 0.719. The molecule has 0 unspecified atom stereocenters. The highest BCUT2D eigenvalue weighted by atomic mass is 32.1. The lowest BCUT2D eigenvalue weighted by molar-refractivity contribution is 0.0939. The Balaban J connectivity index is 3.02. The Bertz CT molecular complexity index is 301. The van der Waals surface area contributed by atoms with Gasteiger partial charge in [-0.15, -0.1) is 11.3 Å². The molecule has 0 atom stereocenters. The summed E-state index contributed by atoms with van der Waals surface area (Å²) in [5.74, 6) is 0.234. The first-order chi connectivity index (χ1) is 5.52. The van der Waals surface area contributed by atoms with Crippen molar-refractivity contribution in [1.82, 2.24) is 0 Å². The quantitative estimate of drug-likeness (QED) is 0.716. The molecule has 1 aromatic rings. The van der Waals surface area contributed by atoms with Gasteiger partial charge in [-0.1, -0.05) is 13.8 Å². The summed E-state index contributed by atoms with van der Waals surface area (Å²) in [4.78, 5) is 12.5. The maximum absolute atomic E-state index is 11.5. The third kappa shape index (κ3) is 1.67. The van der Waals surface area contributed by atoms with Crippen molar-refractivity contribution < 1.29 is 4.79 Å². The highest BCUT2D eigenvalue weighted by Crippen LogP contribution is 2.25. The Morgan fingerprint density at radius 2 is 2.17 bits per heavy atom. The number of ketones is 1. The SMILES string of the molecule is Cc1sc(N)cc1C(=O)C(C)C. The fraction of sp³-hybridized carbons (Fsp3) is 0.444. The predicted molar refractivity (Wildman–Crippen MR) is 52.6 cm³/mol. The van der Waals surface area contributed by atoms with Crippen molar-refractivity contribution in [3.8, 4) is 0 Å². The molecule has 0 spiro atoms. The number of Topliss-reactive ketones (excluding diaryl/α,β-unsaturated/α-hetero) is 1. The number of thiophene rings is 1. The number of aryl methyl sites for hydroxylation is 1.